The van der Waals surface area contributed by atoms with E-state index in [4.69, 9.17) is 0 Å². The molecule has 3 fully saturated rings. The largest absolute Gasteiger partial charge is 0.313 e. The molecule has 1 N–H and O–H groups in total. The molecule has 1 nitrogen and oxygen atoms in total. The van der Waals surface area contributed by atoms with Gasteiger partial charge in [-0.25, -0.2) is 0 Å². The Morgan fingerprint density at radius 2 is 1.75 bits per heavy atom. The fourth-order valence-corrected chi connectivity index (χ4v) is 5.00. The van der Waals surface area contributed by atoms with Gasteiger partial charge in [-0.15, -0.1) is 0 Å². The summed E-state index contributed by atoms with van der Waals surface area (Å²) in [6.45, 7) is 8.31. The predicted molar refractivity (Wildman–Crippen MR) is 68.2 cm³/mol. The Bertz CT molecular complexity index is 244. The van der Waals surface area contributed by atoms with Gasteiger partial charge in [0.2, 0.25) is 0 Å². The third kappa shape index (κ3) is 1.54. The van der Waals surface area contributed by atoms with Crippen LogP contribution in [0.4, 0.5) is 0 Å². The Hall–Kier alpha value is -0.0400. The smallest absolute Gasteiger partial charge is 0.0124 e. The van der Waals surface area contributed by atoms with Crippen molar-refractivity contribution < 1.29 is 0 Å². The SMILES string of the molecule is CCCNC(C(C)C)C1C2C3CCC(C3)C21. The Kier molecular flexibility index (Phi) is 2.78. The van der Waals surface area contributed by atoms with Crippen LogP contribution in [0, 0.1) is 35.5 Å². The third-order valence-electron chi connectivity index (χ3n) is 5.56. The first-order valence-electron chi connectivity index (χ1n) is 7.47. The molecule has 2 bridgehead atoms. The fraction of sp³-hybridized carbons (Fsp3) is 1.00. The molecule has 0 aromatic carbocycles. The van der Waals surface area contributed by atoms with Gasteiger partial charge >= 0.3 is 0 Å². The molecule has 3 saturated carbocycles. The van der Waals surface area contributed by atoms with Crippen LogP contribution in [0.3, 0.4) is 0 Å². The minimum atomic E-state index is 0.818. The Labute approximate surface area is 100 Å². The Morgan fingerprint density at radius 1 is 1.12 bits per heavy atom. The van der Waals surface area contributed by atoms with Crippen molar-refractivity contribution in [2.24, 2.45) is 35.5 Å². The summed E-state index contributed by atoms with van der Waals surface area (Å²) in [6, 6.07) is 0.818. The van der Waals surface area contributed by atoms with Gasteiger partial charge in [-0.3, -0.25) is 0 Å². The highest BCUT2D eigenvalue weighted by Gasteiger charge is 2.66. The maximum Gasteiger partial charge on any atom is 0.0124 e. The van der Waals surface area contributed by atoms with Gasteiger partial charge in [0.25, 0.3) is 0 Å². The lowest BCUT2D eigenvalue weighted by Gasteiger charge is -2.25. The van der Waals surface area contributed by atoms with Gasteiger partial charge in [-0.2, -0.15) is 0 Å². The normalized spacial score (nSPS) is 46.1. The van der Waals surface area contributed by atoms with Crippen molar-refractivity contribution in [3.05, 3.63) is 0 Å². The third-order valence-corrected chi connectivity index (χ3v) is 5.56. The van der Waals surface area contributed by atoms with Crippen molar-refractivity contribution in [3.63, 3.8) is 0 Å². The van der Waals surface area contributed by atoms with Crippen LogP contribution in [0.15, 0.2) is 0 Å². The van der Waals surface area contributed by atoms with Crippen molar-refractivity contribution in [3.8, 4) is 0 Å². The van der Waals surface area contributed by atoms with Gasteiger partial charge in [0, 0.05) is 6.04 Å². The lowest BCUT2D eigenvalue weighted by molar-refractivity contribution is 0.301. The fourth-order valence-electron chi connectivity index (χ4n) is 5.00. The second-order valence-electron chi connectivity index (χ2n) is 6.79. The van der Waals surface area contributed by atoms with E-state index in [2.05, 4.69) is 26.1 Å². The maximum atomic E-state index is 3.83. The van der Waals surface area contributed by atoms with Crippen molar-refractivity contribution in [1.29, 1.82) is 0 Å². The molecular formula is C15H27N. The molecule has 3 rings (SSSR count). The molecule has 1 heteroatoms. The molecule has 3 aliphatic rings. The van der Waals surface area contributed by atoms with Crippen molar-refractivity contribution >= 4 is 0 Å². The first-order valence-corrected chi connectivity index (χ1v) is 7.47. The first kappa shape index (κ1) is 11.1. The van der Waals surface area contributed by atoms with Crippen LogP contribution in [-0.4, -0.2) is 12.6 Å². The Morgan fingerprint density at radius 3 is 2.25 bits per heavy atom. The summed E-state index contributed by atoms with van der Waals surface area (Å²) in [7, 11) is 0. The minimum absolute atomic E-state index is 0.818. The van der Waals surface area contributed by atoms with Gasteiger partial charge in [0.05, 0.1) is 0 Å². The summed E-state index contributed by atoms with van der Waals surface area (Å²) in [5, 5.41) is 3.83. The van der Waals surface area contributed by atoms with Gasteiger partial charge < -0.3 is 5.32 Å². The van der Waals surface area contributed by atoms with Crippen LogP contribution >= 0.6 is 0 Å². The second kappa shape index (κ2) is 4.01. The summed E-state index contributed by atoms with van der Waals surface area (Å²) in [5.74, 6) is 6.40. The summed E-state index contributed by atoms with van der Waals surface area (Å²) in [5.41, 5.74) is 0. The number of rotatable bonds is 5. The minimum Gasteiger partial charge on any atom is -0.313 e. The quantitative estimate of drug-likeness (QED) is 0.751. The summed E-state index contributed by atoms with van der Waals surface area (Å²) >= 11 is 0. The molecule has 5 atom stereocenters. The molecule has 5 unspecified atom stereocenters. The molecule has 0 radical (unpaired) electrons. The molecule has 16 heavy (non-hydrogen) atoms. The predicted octanol–water partition coefficient (Wildman–Crippen LogP) is 3.30. The van der Waals surface area contributed by atoms with Gasteiger partial charge in [0.1, 0.15) is 0 Å². The average molecular weight is 221 g/mol. The standard InChI is InChI=1S/C15H27N/c1-4-7-16-15(9(2)3)14-12-10-5-6-11(8-10)13(12)14/h9-16H,4-8H2,1-3H3. The molecule has 0 heterocycles. The van der Waals surface area contributed by atoms with E-state index >= 15 is 0 Å². The molecule has 0 aromatic heterocycles. The highest BCUT2D eigenvalue weighted by atomic mass is 15.0. The second-order valence-corrected chi connectivity index (χ2v) is 6.79. The van der Waals surface area contributed by atoms with Crippen LogP contribution in [0.1, 0.15) is 46.5 Å². The van der Waals surface area contributed by atoms with Crippen molar-refractivity contribution in [2.75, 3.05) is 6.54 Å². The molecule has 0 saturated heterocycles. The maximum absolute atomic E-state index is 3.83. The zero-order chi connectivity index (χ0) is 11.3. The summed E-state index contributed by atoms with van der Waals surface area (Å²) < 4.78 is 0. The highest BCUT2D eigenvalue weighted by molar-refractivity contribution is 5.16. The number of nitrogens with one attached hydrogen (secondary N) is 1. The highest BCUT2D eigenvalue weighted by Crippen LogP contribution is 2.70. The first-order chi connectivity index (χ1) is 7.74. The van der Waals surface area contributed by atoms with E-state index in [1.807, 2.05) is 0 Å². The van der Waals surface area contributed by atoms with E-state index in [9.17, 15) is 0 Å². The van der Waals surface area contributed by atoms with E-state index < -0.39 is 0 Å². The van der Waals surface area contributed by atoms with Crippen molar-refractivity contribution in [1.82, 2.24) is 5.32 Å². The summed E-state index contributed by atoms with van der Waals surface area (Å²) in [6.07, 6.45) is 5.98. The monoisotopic (exact) mass is 221 g/mol. The van der Waals surface area contributed by atoms with Crippen LogP contribution in [0.2, 0.25) is 0 Å². The van der Waals surface area contributed by atoms with Crippen LogP contribution in [0.5, 0.6) is 0 Å². The molecule has 92 valence electrons. The topological polar surface area (TPSA) is 12.0 Å². The number of fused-ring (bicyclic) bond motifs is 5. The molecule has 0 aliphatic heterocycles. The summed E-state index contributed by atoms with van der Waals surface area (Å²) in [4.78, 5) is 0. The van der Waals surface area contributed by atoms with E-state index in [1.54, 1.807) is 19.3 Å². The Balaban J connectivity index is 1.64. The van der Waals surface area contributed by atoms with E-state index in [1.165, 1.54) is 13.0 Å². The number of hydrogen-bond donors (Lipinski definition) is 1. The average Bonchev–Trinajstić information content (AvgIpc) is 2.69. The van der Waals surface area contributed by atoms with Crippen LogP contribution in [0.25, 0.3) is 0 Å². The molecular weight excluding hydrogens is 194 g/mol. The van der Waals surface area contributed by atoms with Crippen molar-refractivity contribution in [2.45, 2.75) is 52.5 Å². The van der Waals surface area contributed by atoms with Crippen LogP contribution in [-0.2, 0) is 0 Å². The molecule has 0 aromatic rings. The van der Waals surface area contributed by atoms with E-state index in [0.717, 1.165) is 41.5 Å². The van der Waals surface area contributed by atoms with Gasteiger partial charge in [-0.1, -0.05) is 20.8 Å². The molecule has 0 spiro atoms. The zero-order valence-electron chi connectivity index (χ0n) is 11.1. The lowest BCUT2D eigenvalue weighted by atomic mass is 9.91. The molecule has 3 aliphatic carbocycles. The van der Waals surface area contributed by atoms with E-state index in [0.29, 0.717) is 0 Å². The van der Waals surface area contributed by atoms with Gasteiger partial charge in [0.15, 0.2) is 0 Å². The zero-order valence-corrected chi connectivity index (χ0v) is 11.1. The lowest BCUT2D eigenvalue weighted by Crippen LogP contribution is -2.38. The molecule has 0 amide bonds. The van der Waals surface area contributed by atoms with Gasteiger partial charge in [-0.05, 0) is 67.7 Å². The van der Waals surface area contributed by atoms with E-state index in [-0.39, 0.29) is 0 Å². The number of hydrogen-bond acceptors (Lipinski definition) is 1. The van der Waals surface area contributed by atoms with Crippen LogP contribution < -0.4 is 5.32 Å².